The number of amides is 1. The minimum Gasteiger partial charge on any atom is -0.341 e. The van der Waals surface area contributed by atoms with Crippen molar-refractivity contribution >= 4 is 5.91 Å². The third kappa shape index (κ3) is 1.88. The fraction of sp³-hybridized carbons (Fsp3) is 0.562. The lowest BCUT2D eigenvalue weighted by atomic mass is 9.76. The van der Waals surface area contributed by atoms with Gasteiger partial charge in [-0.2, -0.15) is 0 Å². The Balaban J connectivity index is 1.50. The average molecular weight is 256 g/mol. The molecule has 1 amide bonds. The van der Waals surface area contributed by atoms with Crippen molar-refractivity contribution in [1.82, 2.24) is 10.2 Å². The first-order valence-corrected chi connectivity index (χ1v) is 7.44. The lowest BCUT2D eigenvalue weighted by molar-refractivity contribution is -0.133. The molecule has 1 aromatic carbocycles. The largest absolute Gasteiger partial charge is 0.341 e. The molecule has 4 rings (SSSR count). The molecule has 0 radical (unpaired) electrons. The zero-order chi connectivity index (χ0) is 12.8. The van der Waals surface area contributed by atoms with E-state index in [0.717, 1.165) is 25.9 Å². The van der Waals surface area contributed by atoms with Crippen LogP contribution in [-0.2, 0) is 11.2 Å². The average Bonchev–Trinajstić information content (AvgIpc) is 2.70. The summed E-state index contributed by atoms with van der Waals surface area (Å²) in [7, 11) is 0. The first-order chi connectivity index (χ1) is 9.31. The number of hydrogen-bond acceptors (Lipinski definition) is 2. The van der Waals surface area contributed by atoms with Gasteiger partial charge in [-0.3, -0.25) is 4.79 Å². The van der Waals surface area contributed by atoms with Crippen molar-refractivity contribution < 1.29 is 4.79 Å². The predicted octanol–water partition coefficient (Wildman–Crippen LogP) is 1.68. The lowest BCUT2D eigenvalue weighted by Gasteiger charge is -2.34. The number of likely N-dealkylation sites (tertiary alicyclic amines) is 1. The number of benzene rings is 1. The van der Waals surface area contributed by atoms with Gasteiger partial charge in [0.15, 0.2) is 0 Å². The Kier molecular flexibility index (Phi) is 2.62. The van der Waals surface area contributed by atoms with E-state index in [4.69, 9.17) is 0 Å². The molecule has 2 heterocycles. The Morgan fingerprint density at radius 1 is 1.16 bits per heavy atom. The van der Waals surface area contributed by atoms with Crippen molar-refractivity contribution in [1.29, 1.82) is 0 Å². The summed E-state index contributed by atoms with van der Waals surface area (Å²) < 4.78 is 0. The maximum absolute atomic E-state index is 12.7. The standard InChI is InChI=1S/C16H20N2O/c19-16(15-9-11-3-1-2-4-14(11)15)18-8-7-12-5-6-13(10-18)17-12/h1-4,12-13,15,17H,5-10H2. The quantitative estimate of drug-likeness (QED) is 0.829. The summed E-state index contributed by atoms with van der Waals surface area (Å²) in [6.45, 7) is 1.85. The van der Waals surface area contributed by atoms with E-state index in [1.165, 1.54) is 24.0 Å². The molecule has 19 heavy (non-hydrogen) atoms. The molecule has 3 atom stereocenters. The van der Waals surface area contributed by atoms with Crippen LogP contribution in [0.2, 0.25) is 0 Å². The number of rotatable bonds is 1. The fourth-order valence-electron chi connectivity index (χ4n) is 3.84. The molecule has 2 bridgehead atoms. The molecular weight excluding hydrogens is 236 g/mol. The minimum absolute atomic E-state index is 0.132. The van der Waals surface area contributed by atoms with Gasteiger partial charge in [0.05, 0.1) is 5.92 Å². The summed E-state index contributed by atoms with van der Waals surface area (Å²) in [5.74, 6) is 0.487. The zero-order valence-corrected chi connectivity index (χ0v) is 11.1. The third-order valence-electron chi connectivity index (χ3n) is 4.99. The molecule has 1 N–H and O–H groups in total. The van der Waals surface area contributed by atoms with Gasteiger partial charge in [0, 0.05) is 25.2 Å². The molecular formula is C16H20N2O. The van der Waals surface area contributed by atoms with Gasteiger partial charge in [-0.1, -0.05) is 24.3 Å². The van der Waals surface area contributed by atoms with Crippen molar-refractivity contribution in [2.24, 2.45) is 0 Å². The van der Waals surface area contributed by atoms with Crippen LogP contribution in [0.15, 0.2) is 24.3 Å². The topological polar surface area (TPSA) is 32.3 Å². The van der Waals surface area contributed by atoms with E-state index in [0.29, 0.717) is 18.0 Å². The molecule has 100 valence electrons. The summed E-state index contributed by atoms with van der Waals surface area (Å²) in [5, 5.41) is 3.64. The van der Waals surface area contributed by atoms with Gasteiger partial charge in [0.25, 0.3) is 0 Å². The first kappa shape index (κ1) is 11.5. The van der Waals surface area contributed by atoms with Gasteiger partial charge in [0.2, 0.25) is 5.91 Å². The van der Waals surface area contributed by atoms with Crippen LogP contribution in [0.4, 0.5) is 0 Å². The van der Waals surface area contributed by atoms with Gasteiger partial charge in [-0.15, -0.1) is 0 Å². The summed E-state index contributed by atoms with van der Waals surface area (Å²) >= 11 is 0. The molecule has 3 heteroatoms. The molecule has 1 aliphatic carbocycles. The van der Waals surface area contributed by atoms with E-state index in [1.807, 2.05) is 6.07 Å². The van der Waals surface area contributed by atoms with Gasteiger partial charge in [-0.05, 0) is 36.8 Å². The molecule has 0 spiro atoms. The Morgan fingerprint density at radius 3 is 2.89 bits per heavy atom. The normalized spacial score (nSPS) is 32.4. The minimum atomic E-state index is 0.132. The highest BCUT2D eigenvalue weighted by atomic mass is 16.2. The van der Waals surface area contributed by atoms with E-state index in [9.17, 15) is 4.79 Å². The van der Waals surface area contributed by atoms with E-state index >= 15 is 0 Å². The van der Waals surface area contributed by atoms with Crippen LogP contribution in [0.5, 0.6) is 0 Å². The van der Waals surface area contributed by atoms with Crippen LogP contribution in [0.25, 0.3) is 0 Å². The fourth-order valence-corrected chi connectivity index (χ4v) is 3.84. The Hall–Kier alpha value is -1.35. The van der Waals surface area contributed by atoms with Crippen LogP contribution in [0.1, 0.15) is 36.3 Å². The van der Waals surface area contributed by atoms with E-state index < -0.39 is 0 Å². The summed E-state index contributed by atoms with van der Waals surface area (Å²) in [4.78, 5) is 14.8. The molecule has 2 saturated heterocycles. The van der Waals surface area contributed by atoms with Crippen LogP contribution in [0, 0.1) is 0 Å². The van der Waals surface area contributed by atoms with Crippen molar-refractivity contribution in [2.75, 3.05) is 13.1 Å². The summed E-state index contributed by atoms with van der Waals surface area (Å²) in [5.41, 5.74) is 2.62. The third-order valence-corrected chi connectivity index (χ3v) is 4.99. The van der Waals surface area contributed by atoms with E-state index in [-0.39, 0.29) is 5.92 Å². The number of carbonyl (C=O) groups is 1. The van der Waals surface area contributed by atoms with Gasteiger partial charge < -0.3 is 10.2 Å². The van der Waals surface area contributed by atoms with Crippen molar-refractivity contribution in [3.05, 3.63) is 35.4 Å². The monoisotopic (exact) mass is 256 g/mol. The molecule has 3 nitrogen and oxygen atoms in total. The molecule has 0 saturated carbocycles. The maximum atomic E-state index is 12.7. The Morgan fingerprint density at radius 2 is 2.00 bits per heavy atom. The Bertz CT molecular complexity index is 513. The van der Waals surface area contributed by atoms with Crippen molar-refractivity contribution in [2.45, 2.75) is 43.7 Å². The summed E-state index contributed by atoms with van der Waals surface area (Å²) in [6.07, 6.45) is 4.58. The van der Waals surface area contributed by atoms with E-state index in [1.54, 1.807) is 0 Å². The van der Waals surface area contributed by atoms with Crippen molar-refractivity contribution in [3.8, 4) is 0 Å². The number of nitrogens with zero attached hydrogens (tertiary/aromatic N) is 1. The molecule has 1 aromatic rings. The molecule has 2 aliphatic heterocycles. The molecule has 3 aliphatic rings. The second kappa shape index (κ2) is 4.34. The van der Waals surface area contributed by atoms with E-state index in [2.05, 4.69) is 28.4 Å². The zero-order valence-electron chi connectivity index (χ0n) is 11.1. The van der Waals surface area contributed by atoms with Crippen LogP contribution >= 0.6 is 0 Å². The first-order valence-electron chi connectivity index (χ1n) is 7.44. The second-order valence-electron chi connectivity index (χ2n) is 6.17. The highest BCUT2D eigenvalue weighted by molar-refractivity contribution is 5.87. The molecule has 3 unspecified atom stereocenters. The molecule has 2 fully saturated rings. The van der Waals surface area contributed by atoms with Crippen LogP contribution in [0.3, 0.4) is 0 Å². The van der Waals surface area contributed by atoms with Gasteiger partial charge in [0.1, 0.15) is 0 Å². The van der Waals surface area contributed by atoms with Crippen LogP contribution < -0.4 is 5.32 Å². The number of fused-ring (bicyclic) bond motifs is 3. The number of carbonyl (C=O) groups excluding carboxylic acids is 1. The van der Waals surface area contributed by atoms with Crippen molar-refractivity contribution in [3.63, 3.8) is 0 Å². The Labute approximate surface area is 114 Å². The number of nitrogens with one attached hydrogen (secondary N) is 1. The highest BCUT2D eigenvalue weighted by Crippen LogP contribution is 2.36. The second-order valence-corrected chi connectivity index (χ2v) is 6.17. The predicted molar refractivity (Wildman–Crippen MR) is 74.0 cm³/mol. The summed E-state index contributed by atoms with van der Waals surface area (Å²) in [6, 6.07) is 9.55. The molecule has 0 aromatic heterocycles. The highest BCUT2D eigenvalue weighted by Gasteiger charge is 2.37. The lowest BCUT2D eigenvalue weighted by Crippen LogP contribution is -2.43. The SMILES string of the molecule is O=C(C1Cc2ccccc21)N1CCC2CCC(C1)N2. The van der Waals surface area contributed by atoms with Gasteiger partial charge in [-0.25, -0.2) is 0 Å². The number of hydrogen-bond donors (Lipinski definition) is 1. The maximum Gasteiger partial charge on any atom is 0.230 e. The smallest absolute Gasteiger partial charge is 0.230 e. The van der Waals surface area contributed by atoms with Crippen LogP contribution in [-0.4, -0.2) is 36.0 Å². The van der Waals surface area contributed by atoms with Gasteiger partial charge >= 0.3 is 0 Å².